The molecule has 0 saturated heterocycles. The minimum absolute atomic E-state index is 0. The van der Waals surface area contributed by atoms with Crippen molar-refractivity contribution in [1.29, 1.82) is 0 Å². The van der Waals surface area contributed by atoms with Crippen molar-refractivity contribution in [1.82, 2.24) is 10.6 Å². The van der Waals surface area contributed by atoms with E-state index in [0.29, 0.717) is 4.90 Å². The average Bonchev–Trinajstić information content (AvgIpc) is 3.15. The predicted octanol–water partition coefficient (Wildman–Crippen LogP) is 9.72. The molecule has 2 fully saturated rings. The molecule has 0 radical (unpaired) electrons. The molecule has 0 aromatic heterocycles. The van der Waals surface area contributed by atoms with Crippen molar-refractivity contribution in [2.45, 2.75) is 113 Å². The summed E-state index contributed by atoms with van der Waals surface area (Å²) < 4.78 is 56.4. The number of halogens is 2. The van der Waals surface area contributed by atoms with Crippen molar-refractivity contribution < 1.29 is 51.5 Å². The first-order valence-corrected chi connectivity index (χ1v) is 25.6. The first-order chi connectivity index (χ1) is 25.1. The summed E-state index contributed by atoms with van der Waals surface area (Å²) in [5, 5.41) is 7.07. The van der Waals surface area contributed by atoms with Gasteiger partial charge in [0.2, 0.25) is 0 Å². The van der Waals surface area contributed by atoms with Gasteiger partial charge in [-0.2, -0.15) is 0 Å². The Morgan fingerprint density at radius 2 is 1.00 bits per heavy atom. The van der Waals surface area contributed by atoms with Crippen LogP contribution in [0.25, 0.3) is 9.44 Å². The minimum atomic E-state index is -3.60. The molecule has 4 atom stereocenters. The van der Waals surface area contributed by atoms with Gasteiger partial charge < -0.3 is 34.9 Å². The summed E-state index contributed by atoms with van der Waals surface area (Å²) in [5.74, 6) is 0. The van der Waals surface area contributed by atoms with Crippen LogP contribution >= 0.6 is 19.4 Å². The molecule has 2 N–H and O–H groups in total. The van der Waals surface area contributed by atoms with Crippen molar-refractivity contribution >= 4 is 39.4 Å². The van der Waals surface area contributed by atoms with Crippen molar-refractivity contribution in [3.05, 3.63) is 126 Å². The van der Waals surface area contributed by atoms with Crippen molar-refractivity contribution in [2.75, 3.05) is 19.3 Å². The van der Waals surface area contributed by atoms with Gasteiger partial charge in [0.25, 0.3) is 0 Å². The SMILES string of the molecule is CS(=O)(=O)[N-]C1CCCCC1NCCCc1ccccc1.Cc1ccc(S(=O)(=O)[N-]C2CCCCC2NCCCc2ccccc2)cc1.[CH3-].[CH3-].[Cl][Ru+3].[Cl][Ru+3]. The summed E-state index contributed by atoms with van der Waals surface area (Å²) in [5.41, 5.74) is 3.73. The molecule has 3 aromatic carbocycles. The number of nitrogens with zero attached hydrogens (tertiary/aromatic N) is 2. The normalized spacial score (nSPS) is 19.4. The standard InChI is InChI=1S/C22H29N2O2S.C16H25N2O2S.2CH3.2ClH.2Ru/c1-18-13-15-20(16-14-18)27(25,26)24-22-12-6-5-11-21(22)23-17-7-10-19-8-3-2-4-9-19;1-21(19,20)18-16-12-6-5-11-15(16)17-13-7-10-14-8-3-2-4-9-14;;;;;;/h2-4,8-9,13-16,21-23H,5-7,10-12,17H2,1H3;2-4,8-9,15-17H,5-7,10-13H2,1H3;2*1H3;2*1H;;/q4*-1;;;2*+4/p-2. The second-order valence-corrected chi connectivity index (χ2v) is 16.5. The second-order valence-electron chi connectivity index (χ2n) is 13.2. The average molecular weight is 998 g/mol. The molecule has 3 aromatic rings. The van der Waals surface area contributed by atoms with Gasteiger partial charge in [-0.25, -0.2) is 16.8 Å². The van der Waals surface area contributed by atoms with Gasteiger partial charge in [0.15, 0.2) is 0 Å². The van der Waals surface area contributed by atoms with E-state index < -0.39 is 20.0 Å². The summed E-state index contributed by atoms with van der Waals surface area (Å²) >= 11 is 3.64. The first kappa shape index (κ1) is 53.2. The van der Waals surface area contributed by atoms with Crippen LogP contribution in [-0.4, -0.2) is 60.3 Å². The van der Waals surface area contributed by atoms with E-state index in [1.807, 2.05) is 65.8 Å². The van der Waals surface area contributed by atoms with Crippen LogP contribution in [0.2, 0.25) is 0 Å². The van der Waals surface area contributed by atoms with Crippen LogP contribution in [0.5, 0.6) is 0 Å². The van der Waals surface area contributed by atoms with Gasteiger partial charge in [-0.3, -0.25) is 0 Å². The number of nitrogens with one attached hydrogen (secondary N) is 2. The molecule has 2 saturated carbocycles. The molecule has 2 aliphatic rings. The topological polar surface area (TPSA) is 121 Å². The molecule has 4 unspecified atom stereocenters. The number of hydrogen-bond donors (Lipinski definition) is 2. The van der Waals surface area contributed by atoms with Crippen molar-refractivity contribution in [2.24, 2.45) is 0 Å². The molecule has 8 nitrogen and oxygen atoms in total. The number of rotatable bonds is 15. The number of sulfonamides is 2. The van der Waals surface area contributed by atoms with E-state index in [2.05, 4.69) is 88.0 Å². The molecule has 0 amide bonds. The van der Waals surface area contributed by atoms with E-state index >= 15 is 0 Å². The molecule has 0 bridgehead atoms. The zero-order valence-corrected chi connectivity index (χ0v) is 38.7. The van der Waals surface area contributed by atoms with E-state index in [0.717, 1.165) is 95.7 Å². The number of hydrogen-bond acceptors (Lipinski definition) is 6. The van der Waals surface area contributed by atoms with Gasteiger partial charge in [-0.15, -0.1) is 12.1 Å². The Kier molecular flexibility index (Phi) is 29.9. The number of benzene rings is 3. The van der Waals surface area contributed by atoms with Crippen molar-refractivity contribution in [3.63, 3.8) is 0 Å². The van der Waals surface area contributed by atoms with Crippen LogP contribution in [0.3, 0.4) is 0 Å². The van der Waals surface area contributed by atoms with E-state index in [1.54, 1.807) is 12.1 Å². The molecular weight excluding hydrogens is 938 g/mol. The third-order valence-electron chi connectivity index (χ3n) is 9.16. The molecule has 0 spiro atoms. The van der Waals surface area contributed by atoms with Crippen molar-refractivity contribution in [3.8, 4) is 0 Å². The van der Waals surface area contributed by atoms with Gasteiger partial charge in [-0.05, 0) is 93.9 Å². The fraction of sp³-hybridized carbons (Fsp3) is 0.500. The van der Waals surface area contributed by atoms with Gasteiger partial charge >= 0.3 is 54.0 Å². The van der Waals surface area contributed by atoms with Crippen LogP contribution in [-0.2, 0) is 67.5 Å². The molecule has 5 rings (SSSR count). The van der Waals surface area contributed by atoms with Crippen LogP contribution in [0.1, 0.15) is 80.9 Å². The summed E-state index contributed by atoms with van der Waals surface area (Å²) in [7, 11) is 2.29. The molecule has 14 heteroatoms. The zero-order chi connectivity index (χ0) is 38.2. The van der Waals surface area contributed by atoms with E-state index in [1.165, 1.54) is 17.4 Å². The summed E-state index contributed by atoms with van der Waals surface area (Å²) in [4.78, 5) is 0.293. The zero-order valence-electron chi connectivity index (χ0n) is 32.1. The Balaban J connectivity index is 0.000000943. The fourth-order valence-corrected chi connectivity index (χ4v) is 8.55. The van der Waals surface area contributed by atoms with E-state index in [4.69, 9.17) is 0 Å². The summed E-state index contributed by atoms with van der Waals surface area (Å²) in [6, 6.07) is 27.9. The third-order valence-corrected chi connectivity index (χ3v) is 11.2. The first-order valence-electron chi connectivity index (χ1n) is 17.9. The van der Waals surface area contributed by atoms with Crippen LogP contribution < -0.4 is 10.6 Å². The Bertz CT molecular complexity index is 1580. The second kappa shape index (κ2) is 30.3. The molecule has 0 heterocycles. The Morgan fingerprint density at radius 1 is 0.611 bits per heavy atom. The summed E-state index contributed by atoms with van der Waals surface area (Å²) in [6.07, 6.45) is 13.5. The monoisotopic (exact) mass is 998 g/mol. The maximum atomic E-state index is 12.7. The molecule has 0 aliphatic heterocycles. The molecular formula is C40H60Cl2N4O4Ru2S2+2. The van der Waals surface area contributed by atoms with Crippen LogP contribution in [0.4, 0.5) is 0 Å². The van der Waals surface area contributed by atoms with Gasteiger partial charge in [0, 0.05) is 11.2 Å². The van der Waals surface area contributed by atoms with Gasteiger partial charge in [-0.1, -0.05) is 117 Å². The fourth-order valence-electron chi connectivity index (χ4n) is 6.60. The summed E-state index contributed by atoms with van der Waals surface area (Å²) in [6.45, 7) is 3.75. The van der Waals surface area contributed by atoms with E-state index in [-0.39, 0.29) is 39.0 Å². The molecule has 2 aliphatic carbocycles. The quantitative estimate of drug-likeness (QED) is 0.0890. The van der Waals surface area contributed by atoms with Crippen LogP contribution in [0, 0.1) is 21.8 Å². The van der Waals surface area contributed by atoms with Gasteiger partial charge in [0.1, 0.15) is 10.0 Å². The van der Waals surface area contributed by atoms with Gasteiger partial charge in [0.05, 0.1) is 10.0 Å². The molecule has 304 valence electrons. The molecule has 54 heavy (non-hydrogen) atoms. The maximum absolute atomic E-state index is 12.7. The third kappa shape index (κ3) is 21.7. The van der Waals surface area contributed by atoms with Crippen LogP contribution in [0.15, 0.2) is 89.8 Å². The Labute approximate surface area is 357 Å². The Hall–Kier alpha value is -0.773. The Morgan fingerprint density at radius 3 is 1.41 bits per heavy atom. The predicted molar refractivity (Wildman–Crippen MR) is 222 cm³/mol. The van der Waals surface area contributed by atoms with E-state index in [9.17, 15) is 16.8 Å². The number of aryl methyl sites for hydroxylation is 3.